The molecular weight excluding hydrogens is 284 g/mol. The smallest absolute Gasteiger partial charge is 0.407 e. The van der Waals surface area contributed by atoms with Crippen LogP contribution in [0.3, 0.4) is 0 Å². The molecule has 0 bridgehead atoms. The molecule has 0 aromatic heterocycles. The molecule has 0 spiro atoms. The molecule has 0 saturated carbocycles. The van der Waals surface area contributed by atoms with E-state index in [1.165, 1.54) is 0 Å². The van der Waals surface area contributed by atoms with E-state index >= 15 is 0 Å². The summed E-state index contributed by atoms with van der Waals surface area (Å²) >= 11 is 0. The number of amides is 2. The number of rotatable bonds is 2. The van der Waals surface area contributed by atoms with Crippen molar-refractivity contribution in [3.05, 3.63) is 59.7 Å². The molecule has 22 heavy (non-hydrogen) atoms. The summed E-state index contributed by atoms with van der Waals surface area (Å²) in [5, 5.41) is 6.35. The van der Waals surface area contributed by atoms with E-state index in [2.05, 4.69) is 10.2 Å². The number of aryl methyl sites for hydroxylation is 2. The number of hydrogen-bond donors (Lipinski definition) is 0. The molecule has 0 atom stereocenters. The Hall–Kier alpha value is -3.02. The van der Waals surface area contributed by atoms with Crippen molar-refractivity contribution < 1.29 is 19.1 Å². The summed E-state index contributed by atoms with van der Waals surface area (Å²) in [6, 6.07) is 13.9. The zero-order chi connectivity index (χ0) is 15.9. The predicted molar refractivity (Wildman–Crippen MR) is 79.3 cm³/mol. The molecule has 2 amide bonds. The first kappa shape index (κ1) is 15.4. The number of azo groups is 1. The second-order valence-electron chi connectivity index (χ2n) is 4.47. The van der Waals surface area contributed by atoms with E-state index in [1.807, 2.05) is 12.1 Å². The average molecular weight is 298 g/mol. The molecule has 0 saturated heterocycles. The van der Waals surface area contributed by atoms with Gasteiger partial charge in [-0.15, -0.1) is 0 Å². The molecule has 0 heterocycles. The molecule has 112 valence electrons. The van der Waals surface area contributed by atoms with Gasteiger partial charge in [0.15, 0.2) is 0 Å². The molecule has 6 nitrogen and oxygen atoms in total. The summed E-state index contributed by atoms with van der Waals surface area (Å²) in [7, 11) is 0. The minimum Gasteiger partial charge on any atom is -0.407 e. The van der Waals surface area contributed by atoms with Crippen LogP contribution in [0.2, 0.25) is 0 Å². The largest absolute Gasteiger partial charge is 0.458 e. The Morgan fingerprint density at radius 2 is 1.09 bits per heavy atom. The molecule has 0 aliphatic rings. The van der Waals surface area contributed by atoms with Crippen LogP contribution in [0.5, 0.6) is 11.5 Å². The molecule has 6 heteroatoms. The van der Waals surface area contributed by atoms with Crippen molar-refractivity contribution in [1.29, 1.82) is 0 Å². The molecule has 0 unspecified atom stereocenters. The normalized spacial score (nSPS) is 10.5. The van der Waals surface area contributed by atoms with Crippen LogP contribution < -0.4 is 9.47 Å². The minimum absolute atomic E-state index is 0.360. The van der Waals surface area contributed by atoms with E-state index < -0.39 is 12.2 Å². The summed E-state index contributed by atoms with van der Waals surface area (Å²) in [6.45, 7) is 3.57. The minimum atomic E-state index is -0.990. The Balaban J connectivity index is 1.94. The van der Waals surface area contributed by atoms with Crippen molar-refractivity contribution in [2.45, 2.75) is 13.8 Å². The van der Waals surface area contributed by atoms with Gasteiger partial charge in [0.05, 0.1) is 0 Å². The van der Waals surface area contributed by atoms with Gasteiger partial charge in [-0.05, 0) is 37.1 Å². The lowest BCUT2D eigenvalue weighted by molar-refractivity contribution is 0.200. The van der Waals surface area contributed by atoms with E-state index in [-0.39, 0.29) is 0 Å². The Kier molecular flexibility index (Phi) is 4.98. The van der Waals surface area contributed by atoms with Gasteiger partial charge in [0, 0.05) is 0 Å². The third-order valence-corrected chi connectivity index (χ3v) is 2.80. The third kappa shape index (κ3) is 4.24. The van der Waals surface area contributed by atoms with Crippen LogP contribution in [-0.2, 0) is 0 Å². The van der Waals surface area contributed by atoms with Crippen molar-refractivity contribution in [1.82, 2.24) is 0 Å². The molecule has 0 N–H and O–H groups in total. The number of hydrogen-bond acceptors (Lipinski definition) is 4. The number of nitrogens with zero attached hydrogens (tertiary/aromatic N) is 2. The van der Waals surface area contributed by atoms with Gasteiger partial charge in [0.25, 0.3) is 0 Å². The van der Waals surface area contributed by atoms with Gasteiger partial charge >= 0.3 is 12.2 Å². The Labute approximate surface area is 127 Å². The fraction of sp³-hybridized carbons (Fsp3) is 0.125. The lowest BCUT2D eigenvalue weighted by Crippen LogP contribution is -2.06. The molecular formula is C16H14N2O4. The highest BCUT2D eigenvalue weighted by molar-refractivity contribution is 5.76. The Bertz CT molecular complexity index is 664. The van der Waals surface area contributed by atoms with Gasteiger partial charge in [-0.3, -0.25) is 0 Å². The van der Waals surface area contributed by atoms with Crippen molar-refractivity contribution in [3.63, 3.8) is 0 Å². The maximum absolute atomic E-state index is 11.5. The third-order valence-electron chi connectivity index (χ3n) is 2.80. The zero-order valence-corrected chi connectivity index (χ0v) is 12.1. The van der Waals surface area contributed by atoms with E-state index in [0.717, 1.165) is 11.1 Å². The summed E-state index contributed by atoms with van der Waals surface area (Å²) in [4.78, 5) is 23.0. The number of para-hydroxylation sites is 2. The van der Waals surface area contributed by atoms with Gasteiger partial charge in [-0.2, -0.15) is 0 Å². The van der Waals surface area contributed by atoms with Crippen LogP contribution in [0.4, 0.5) is 9.59 Å². The summed E-state index contributed by atoms with van der Waals surface area (Å²) in [6.07, 6.45) is -1.98. The standard InChI is InChI=1S/C16H14N2O4/c1-11-7-3-5-9-13(11)21-15(19)17-18-16(20)22-14-10-6-4-8-12(14)2/h3-10H,1-2H3. The highest BCUT2D eigenvalue weighted by Crippen LogP contribution is 2.18. The van der Waals surface area contributed by atoms with Gasteiger partial charge in [-0.25, -0.2) is 9.59 Å². The monoisotopic (exact) mass is 298 g/mol. The Morgan fingerprint density at radius 1 is 0.727 bits per heavy atom. The SMILES string of the molecule is Cc1ccccc1OC(=O)N=NC(=O)Oc1ccccc1C. The molecule has 2 rings (SSSR count). The summed E-state index contributed by atoms with van der Waals surface area (Å²) < 4.78 is 9.92. The molecule has 0 aliphatic carbocycles. The van der Waals surface area contributed by atoms with Gasteiger partial charge < -0.3 is 9.47 Å². The molecule has 0 fully saturated rings. The highest BCUT2D eigenvalue weighted by Gasteiger charge is 2.09. The van der Waals surface area contributed by atoms with Crippen molar-refractivity contribution >= 4 is 12.2 Å². The van der Waals surface area contributed by atoms with Crippen LogP contribution in [0.25, 0.3) is 0 Å². The van der Waals surface area contributed by atoms with Crippen LogP contribution in [-0.4, -0.2) is 12.2 Å². The molecule has 2 aromatic rings. The van der Waals surface area contributed by atoms with Crippen molar-refractivity contribution in [3.8, 4) is 11.5 Å². The van der Waals surface area contributed by atoms with E-state index in [9.17, 15) is 9.59 Å². The fourth-order valence-corrected chi connectivity index (χ4v) is 1.65. The fourth-order valence-electron chi connectivity index (χ4n) is 1.65. The first-order valence-electron chi connectivity index (χ1n) is 6.53. The Morgan fingerprint density at radius 3 is 1.45 bits per heavy atom. The van der Waals surface area contributed by atoms with Gasteiger partial charge in [-0.1, -0.05) is 46.6 Å². The van der Waals surface area contributed by atoms with Crippen LogP contribution in [0, 0.1) is 13.8 Å². The number of carbonyl (C=O) groups is 2. The maximum atomic E-state index is 11.5. The van der Waals surface area contributed by atoms with E-state index in [0.29, 0.717) is 11.5 Å². The highest BCUT2D eigenvalue weighted by atomic mass is 16.6. The lowest BCUT2D eigenvalue weighted by atomic mass is 10.2. The number of ether oxygens (including phenoxy) is 2. The molecule has 2 aromatic carbocycles. The topological polar surface area (TPSA) is 77.3 Å². The second kappa shape index (κ2) is 7.12. The summed E-state index contributed by atoms with van der Waals surface area (Å²) in [5.41, 5.74) is 1.54. The summed E-state index contributed by atoms with van der Waals surface area (Å²) in [5.74, 6) is 0.720. The molecule has 0 aliphatic heterocycles. The zero-order valence-electron chi connectivity index (χ0n) is 12.1. The van der Waals surface area contributed by atoms with Crippen LogP contribution in [0.1, 0.15) is 11.1 Å². The van der Waals surface area contributed by atoms with Crippen LogP contribution >= 0.6 is 0 Å². The number of benzene rings is 2. The molecule has 0 radical (unpaired) electrons. The van der Waals surface area contributed by atoms with Crippen molar-refractivity contribution in [2.75, 3.05) is 0 Å². The van der Waals surface area contributed by atoms with Crippen molar-refractivity contribution in [2.24, 2.45) is 10.2 Å². The van der Waals surface area contributed by atoms with Gasteiger partial charge in [0.2, 0.25) is 0 Å². The van der Waals surface area contributed by atoms with E-state index in [4.69, 9.17) is 9.47 Å². The number of carbonyl (C=O) groups excluding carboxylic acids is 2. The predicted octanol–water partition coefficient (Wildman–Crippen LogP) is 4.45. The first-order valence-corrected chi connectivity index (χ1v) is 6.53. The lowest BCUT2D eigenvalue weighted by Gasteiger charge is -2.03. The average Bonchev–Trinajstić information content (AvgIpc) is 2.50. The second-order valence-corrected chi connectivity index (χ2v) is 4.47. The van der Waals surface area contributed by atoms with Crippen LogP contribution in [0.15, 0.2) is 58.8 Å². The quantitative estimate of drug-likeness (QED) is 0.767. The maximum Gasteiger partial charge on any atom is 0.458 e. The first-order chi connectivity index (χ1) is 10.6. The van der Waals surface area contributed by atoms with Gasteiger partial charge in [0.1, 0.15) is 11.5 Å². The van der Waals surface area contributed by atoms with E-state index in [1.54, 1.807) is 50.2 Å².